The lowest BCUT2D eigenvalue weighted by Gasteiger charge is -2.32. The normalized spacial score (nSPS) is 14.5. The second kappa shape index (κ2) is 12.6. The van der Waals surface area contributed by atoms with Gasteiger partial charge in [0.2, 0.25) is 11.8 Å². The Kier molecular flexibility index (Phi) is 9.25. The molecule has 0 saturated heterocycles. The Labute approximate surface area is 236 Å². The molecule has 0 aromatic heterocycles. The van der Waals surface area contributed by atoms with Crippen molar-refractivity contribution in [2.45, 2.75) is 70.0 Å². The number of halogens is 1. The summed E-state index contributed by atoms with van der Waals surface area (Å²) in [5, 5.41) is 3.04. The van der Waals surface area contributed by atoms with Gasteiger partial charge in [-0.05, 0) is 63.4 Å². The van der Waals surface area contributed by atoms with E-state index in [-0.39, 0.29) is 29.1 Å². The van der Waals surface area contributed by atoms with Gasteiger partial charge in [-0.15, -0.1) is 0 Å². The molecule has 40 heavy (non-hydrogen) atoms. The third-order valence-electron chi connectivity index (χ3n) is 7.31. The van der Waals surface area contributed by atoms with E-state index < -0.39 is 34.3 Å². The maximum absolute atomic E-state index is 15.0. The fraction of sp³-hybridized carbons (Fsp3) is 0.355. The van der Waals surface area contributed by atoms with Crippen LogP contribution in [-0.4, -0.2) is 43.8 Å². The number of para-hydroxylation sites is 1. The highest BCUT2D eigenvalue weighted by atomic mass is 32.2. The number of benzene rings is 3. The maximum atomic E-state index is 15.0. The van der Waals surface area contributed by atoms with E-state index in [1.165, 1.54) is 35.2 Å². The van der Waals surface area contributed by atoms with E-state index in [0.29, 0.717) is 0 Å². The molecule has 1 saturated carbocycles. The summed E-state index contributed by atoms with van der Waals surface area (Å²) in [6.45, 7) is 4.81. The number of sulfonamides is 1. The maximum Gasteiger partial charge on any atom is 0.264 e. The van der Waals surface area contributed by atoms with Crippen LogP contribution < -0.4 is 9.62 Å². The summed E-state index contributed by atoms with van der Waals surface area (Å²) in [5.74, 6) is -1.69. The number of nitrogens with zero attached hydrogens (tertiary/aromatic N) is 2. The van der Waals surface area contributed by atoms with Crippen LogP contribution in [0.2, 0.25) is 0 Å². The van der Waals surface area contributed by atoms with Crippen LogP contribution in [0, 0.1) is 19.7 Å². The number of hydrogen-bond donors (Lipinski definition) is 1. The molecule has 9 heteroatoms. The minimum absolute atomic E-state index is 0.0581. The highest BCUT2D eigenvalue weighted by molar-refractivity contribution is 7.92. The van der Waals surface area contributed by atoms with Crippen molar-refractivity contribution in [3.63, 3.8) is 0 Å². The quantitative estimate of drug-likeness (QED) is 0.370. The Morgan fingerprint density at radius 2 is 1.62 bits per heavy atom. The molecule has 0 bridgehead atoms. The van der Waals surface area contributed by atoms with Crippen molar-refractivity contribution in [1.82, 2.24) is 10.2 Å². The first-order valence-corrected chi connectivity index (χ1v) is 15.0. The lowest BCUT2D eigenvalue weighted by atomic mass is 10.1. The lowest BCUT2D eigenvalue weighted by molar-refractivity contribution is -0.139. The first-order valence-electron chi connectivity index (χ1n) is 13.6. The number of aryl methyl sites for hydroxylation is 2. The van der Waals surface area contributed by atoms with E-state index in [4.69, 9.17) is 0 Å². The van der Waals surface area contributed by atoms with E-state index in [1.807, 2.05) is 38.1 Å². The predicted molar refractivity (Wildman–Crippen MR) is 154 cm³/mol. The van der Waals surface area contributed by atoms with E-state index in [0.717, 1.165) is 52.7 Å². The second-order valence-corrected chi connectivity index (χ2v) is 12.3. The van der Waals surface area contributed by atoms with Crippen LogP contribution in [-0.2, 0) is 26.2 Å². The molecule has 7 nitrogen and oxygen atoms in total. The third-order valence-corrected chi connectivity index (χ3v) is 9.09. The van der Waals surface area contributed by atoms with Crippen molar-refractivity contribution < 1.29 is 22.4 Å². The summed E-state index contributed by atoms with van der Waals surface area (Å²) < 4.78 is 43.4. The molecule has 0 heterocycles. The van der Waals surface area contributed by atoms with Gasteiger partial charge in [0, 0.05) is 12.6 Å². The van der Waals surface area contributed by atoms with Gasteiger partial charge in [0.05, 0.1) is 10.6 Å². The van der Waals surface area contributed by atoms with Crippen molar-refractivity contribution >= 4 is 27.5 Å². The Bertz CT molecular complexity index is 1450. The molecule has 4 rings (SSSR count). The molecule has 1 aliphatic rings. The zero-order valence-corrected chi connectivity index (χ0v) is 24.0. The van der Waals surface area contributed by atoms with Gasteiger partial charge in [0.15, 0.2) is 0 Å². The molecule has 2 amide bonds. The predicted octanol–water partition coefficient (Wildman–Crippen LogP) is 5.11. The smallest absolute Gasteiger partial charge is 0.264 e. The number of rotatable bonds is 10. The Morgan fingerprint density at radius 3 is 2.27 bits per heavy atom. The average Bonchev–Trinajstić information content (AvgIpc) is 3.43. The number of carbonyl (C=O) groups excluding carboxylic acids is 2. The molecule has 3 aromatic rings. The molecule has 1 atom stereocenters. The average molecular weight is 566 g/mol. The van der Waals surface area contributed by atoms with Gasteiger partial charge in [0.1, 0.15) is 18.4 Å². The number of nitrogens with one attached hydrogen (secondary N) is 1. The Morgan fingerprint density at radius 1 is 0.950 bits per heavy atom. The molecule has 0 spiro atoms. The zero-order chi connectivity index (χ0) is 28.9. The van der Waals surface area contributed by atoms with Gasteiger partial charge in [0.25, 0.3) is 10.0 Å². The molecular weight excluding hydrogens is 529 g/mol. The number of hydrogen-bond acceptors (Lipinski definition) is 4. The van der Waals surface area contributed by atoms with Gasteiger partial charge in [-0.25, -0.2) is 12.8 Å². The van der Waals surface area contributed by atoms with Crippen LogP contribution >= 0.6 is 0 Å². The van der Waals surface area contributed by atoms with E-state index in [1.54, 1.807) is 19.1 Å². The SMILES string of the molecule is Cc1ccc(S(=O)(=O)N(CC(=O)N(Cc2cccc(C)c2)[C@H](C)C(=O)NC2CCCC2)c2ccccc2F)cc1. The highest BCUT2D eigenvalue weighted by Gasteiger charge is 2.34. The van der Waals surface area contributed by atoms with Crippen LogP contribution in [0.1, 0.15) is 49.3 Å². The molecule has 1 fully saturated rings. The zero-order valence-electron chi connectivity index (χ0n) is 23.1. The topological polar surface area (TPSA) is 86.8 Å². The van der Waals surface area contributed by atoms with Crippen molar-refractivity contribution in [3.8, 4) is 0 Å². The summed E-state index contributed by atoms with van der Waals surface area (Å²) in [6.07, 6.45) is 3.86. The van der Waals surface area contributed by atoms with Gasteiger partial charge in [-0.3, -0.25) is 13.9 Å². The van der Waals surface area contributed by atoms with Crippen LogP contribution in [0.5, 0.6) is 0 Å². The first-order chi connectivity index (χ1) is 19.1. The molecule has 212 valence electrons. The van der Waals surface area contributed by atoms with Crippen molar-refractivity contribution in [2.24, 2.45) is 0 Å². The fourth-order valence-corrected chi connectivity index (χ4v) is 6.41. The third kappa shape index (κ3) is 6.88. The standard InChI is InChI=1S/C31H36FN3O4S/c1-22-15-17-27(18-16-22)40(38,39)35(29-14-7-6-13-28(29)32)21-30(36)34(20-25-10-8-9-23(2)19-25)24(3)31(37)33-26-11-4-5-12-26/h6-10,13-19,24,26H,4-5,11-12,20-21H2,1-3H3,(H,33,37)/t24-/m1/s1. The number of carbonyl (C=O) groups is 2. The van der Waals surface area contributed by atoms with Gasteiger partial charge < -0.3 is 10.2 Å². The number of amides is 2. The summed E-state index contributed by atoms with van der Waals surface area (Å²) >= 11 is 0. The van der Waals surface area contributed by atoms with Crippen LogP contribution in [0.15, 0.2) is 77.7 Å². The van der Waals surface area contributed by atoms with E-state index >= 15 is 4.39 Å². The fourth-order valence-electron chi connectivity index (χ4n) is 4.99. The molecule has 0 radical (unpaired) electrons. The van der Waals surface area contributed by atoms with Crippen LogP contribution in [0.25, 0.3) is 0 Å². The van der Waals surface area contributed by atoms with Crippen molar-refractivity contribution in [3.05, 3.63) is 95.3 Å². The molecule has 3 aromatic carbocycles. The molecule has 0 aliphatic heterocycles. The van der Waals surface area contributed by atoms with Crippen LogP contribution in [0.3, 0.4) is 0 Å². The summed E-state index contributed by atoms with van der Waals surface area (Å²) in [6, 6.07) is 18.4. The minimum Gasteiger partial charge on any atom is -0.352 e. The first kappa shape index (κ1) is 29.3. The summed E-state index contributed by atoms with van der Waals surface area (Å²) in [5.41, 5.74) is 2.41. The van der Waals surface area contributed by atoms with E-state index in [9.17, 15) is 18.0 Å². The summed E-state index contributed by atoms with van der Waals surface area (Å²) in [7, 11) is -4.32. The minimum atomic E-state index is -4.32. The van der Waals surface area contributed by atoms with Crippen molar-refractivity contribution in [2.75, 3.05) is 10.8 Å². The number of anilines is 1. The van der Waals surface area contributed by atoms with Crippen LogP contribution in [0.4, 0.5) is 10.1 Å². The van der Waals surface area contributed by atoms with E-state index in [2.05, 4.69) is 5.32 Å². The Balaban J connectivity index is 1.69. The summed E-state index contributed by atoms with van der Waals surface area (Å²) in [4.78, 5) is 28.5. The Hall–Kier alpha value is -3.72. The van der Waals surface area contributed by atoms with Gasteiger partial charge in [-0.2, -0.15) is 0 Å². The molecule has 0 unspecified atom stereocenters. The molecule has 1 N–H and O–H groups in total. The van der Waals surface area contributed by atoms with Gasteiger partial charge in [-0.1, -0.05) is 72.5 Å². The van der Waals surface area contributed by atoms with Crippen molar-refractivity contribution in [1.29, 1.82) is 0 Å². The van der Waals surface area contributed by atoms with Gasteiger partial charge >= 0.3 is 0 Å². The highest BCUT2D eigenvalue weighted by Crippen LogP contribution is 2.27. The molecular formula is C31H36FN3O4S. The monoisotopic (exact) mass is 565 g/mol. The lowest BCUT2D eigenvalue weighted by Crippen LogP contribution is -2.52. The second-order valence-electron chi connectivity index (χ2n) is 10.5. The molecule has 1 aliphatic carbocycles. The largest absolute Gasteiger partial charge is 0.352 e.